The molecule has 0 aromatic heterocycles. The molecule has 0 saturated carbocycles. The van der Waals surface area contributed by atoms with Gasteiger partial charge in [0.25, 0.3) is 0 Å². The fourth-order valence-corrected chi connectivity index (χ4v) is 6.69. The Morgan fingerprint density at radius 1 is 0.531 bits per heavy atom. The monoisotopic (exact) mass is 720 g/mol. The van der Waals surface area contributed by atoms with Gasteiger partial charge in [-0.2, -0.15) is 0 Å². The van der Waals surface area contributed by atoms with Crippen molar-refractivity contribution < 1.29 is 37.6 Å². The van der Waals surface area contributed by atoms with E-state index in [4.69, 9.17) is 24.3 Å². The molecular formula is C39H78NO8P. The van der Waals surface area contributed by atoms with Crippen LogP contribution in [0.4, 0.5) is 0 Å². The minimum Gasteiger partial charge on any atom is -0.462 e. The molecule has 292 valence electrons. The first-order valence-electron chi connectivity index (χ1n) is 20.5. The van der Waals surface area contributed by atoms with Gasteiger partial charge < -0.3 is 20.1 Å². The Morgan fingerprint density at radius 3 is 1.24 bits per heavy atom. The van der Waals surface area contributed by atoms with Crippen molar-refractivity contribution in [3.05, 3.63) is 0 Å². The van der Waals surface area contributed by atoms with Crippen molar-refractivity contribution in [1.29, 1.82) is 0 Å². The quantitative estimate of drug-likeness (QED) is 0.0361. The lowest BCUT2D eigenvalue weighted by molar-refractivity contribution is -0.161. The maximum Gasteiger partial charge on any atom is 0.472 e. The van der Waals surface area contributed by atoms with Gasteiger partial charge in [-0.25, -0.2) is 4.57 Å². The second-order valence-electron chi connectivity index (χ2n) is 13.9. The van der Waals surface area contributed by atoms with Crippen molar-refractivity contribution in [2.45, 2.75) is 213 Å². The highest BCUT2D eigenvalue weighted by Gasteiger charge is 2.26. The van der Waals surface area contributed by atoms with E-state index in [1.54, 1.807) is 0 Å². The van der Waals surface area contributed by atoms with Crippen LogP contribution in [0.25, 0.3) is 0 Å². The average Bonchev–Trinajstić information content (AvgIpc) is 3.08. The van der Waals surface area contributed by atoms with Crippen LogP contribution in [0.15, 0.2) is 0 Å². The zero-order chi connectivity index (χ0) is 36.1. The van der Waals surface area contributed by atoms with Gasteiger partial charge >= 0.3 is 19.8 Å². The summed E-state index contributed by atoms with van der Waals surface area (Å²) in [5.74, 6) is -0.815. The number of esters is 2. The van der Waals surface area contributed by atoms with Gasteiger partial charge in [0.1, 0.15) is 6.61 Å². The average molecular weight is 720 g/mol. The predicted molar refractivity (Wildman–Crippen MR) is 201 cm³/mol. The van der Waals surface area contributed by atoms with E-state index >= 15 is 0 Å². The van der Waals surface area contributed by atoms with E-state index in [0.29, 0.717) is 6.42 Å². The van der Waals surface area contributed by atoms with Crippen LogP contribution in [0.5, 0.6) is 0 Å². The lowest BCUT2D eigenvalue weighted by Crippen LogP contribution is -2.29. The van der Waals surface area contributed by atoms with Crippen LogP contribution in [0.3, 0.4) is 0 Å². The number of carbonyl (C=O) groups excluding carboxylic acids is 2. The standard InChI is InChI=1S/C39H78NO8P/c1-3-5-7-9-11-13-15-17-19-21-23-25-27-29-31-38(41)45-35-37(36-47-49(43,44)46-34-33-40)48-39(42)32-30-28-26-24-22-20-18-16-14-12-10-8-6-4-2/h37H,3-36,40H2,1-2H3,(H,43,44). The molecule has 0 aromatic carbocycles. The summed E-state index contributed by atoms with van der Waals surface area (Å²) in [4.78, 5) is 34.8. The van der Waals surface area contributed by atoms with Crippen molar-refractivity contribution >= 4 is 19.8 Å². The second-order valence-corrected chi connectivity index (χ2v) is 15.3. The van der Waals surface area contributed by atoms with Crippen LogP contribution in [0.1, 0.15) is 206 Å². The third kappa shape index (κ3) is 36.6. The predicted octanol–water partition coefficient (Wildman–Crippen LogP) is 11.3. The molecule has 0 radical (unpaired) electrons. The van der Waals surface area contributed by atoms with Crippen LogP contribution in [-0.4, -0.2) is 49.3 Å². The van der Waals surface area contributed by atoms with Crippen LogP contribution in [0, 0.1) is 0 Å². The van der Waals surface area contributed by atoms with E-state index in [0.717, 1.165) is 32.1 Å². The summed E-state index contributed by atoms with van der Waals surface area (Å²) in [5, 5.41) is 0. The Labute approximate surface area is 301 Å². The molecule has 2 unspecified atom stereocenters. The lowest BCUT2D eigenvalue weighted by atomic mass is 10.0. The van der Waals surface area contributed by atoms with E-state index in [1.807, 2.05) is 0 Å². The number of ether oxygens (including phenoxy) is 2. The first kappa shape index (κ1) is 48.0. The zero-order valence-electron chi connectivity index (χ0n) is 31.9. The molecule has 0 aliphatic carbocycles. The Morgan fingerprint density at radius 2 is 0.878 bits per heavy atom. The Hall–Kier alpha value is -0.990. The van der Waals surface area contributed by atoms with Crippen LogP contribution < -0.4 is 5.73 Å². The third-order valence-electron chi connectivity index (χ3n) is 8.99. The summed E-state index contributed by atoms with van der Waals surface area (Å²) >= 11 is 0. The highest BCUT2D eigenvalue weighted by atomic mass is 31.2. The molecule has 0 heterocycles. The SMILES string of the molecule is CCCCCCCCCCCCCCCCC(=O)OCC(COP(=O)(O)OCCN)OC(=O)CCCCCCCCCCCCCCCC. The van der Waals surface area contributed by atoms with Gasteiger partial charge in [-0.3, -0.25) is 18.6 Å². The van der Waals surface area contributed by atoms with Crippen molar-refractivity contribution in [2.24, 2.45) is 5.73 Å². The summed E-state index contributed by atoms with van der Waals surface area (Å²) in [6.45, 7) is 3.76. The molecule has 0 aliphatic rings. The number of unbranched alkanes of at least 4 members (excludes halogenated alkanes) is 26. The van der Waals surface area contributed by atoms with E-state index in [1.165, 1.54) is 141 Å². The van der Waals surface area contributed by atoms with Crippen LogP contribution in [0.2, 0.25) is 0 Å². The molecule has 49 heavy (non-hydrogen) atoms. The molecule has 0 bridgehead atoms. The van der Waals surface area contributed by atoms with Gasteiger partial charge in [0.15, 0.2) is 6.10 Å². The summed E-state index contributed by atoms with van der Waals surface area (Å²) in [5.41, 5.74) is 5.34. The summed E-state index contributed by atoms with van der Waals surface area (Å²) < 4.78 is 32.7. The lowest BCUT2D eigenvalue weighted by Gasteiger charge is -2.19. The molecule has 0 amide bonds. The maximum absolute atomic E-state index is 12.5. The normalized spacial score (nSPS) is 13.3. The van der Waals surface area contributed by atoms with Gasteiger partial charge in [-0.1, -0.05) is 181 Å². The number of phosphoric acid groups is 1. The molecular weight excluding hydrogens is 641 g/mol. The van der Waals surface area contributed by atoms with E-state index < -0.39 is 26.5 Å². The summed E-state index contributed by atoms with van der Waals surface area (Å²) in [6.07, 6.45) is 34.1. The molecule has 0 aromatic rings. The largest absolute Gasteiger partial charge is 0.472 e. The number of carbonyl (C=O) groups is 2. The molecule has 9 nitrogen and oxygen atoms in total. The van der Waals surface area contributed by atoms with Gasteiger partial charge in [0.2, 0.25) is 0 Å². The first-order chi connectivity index (χ1) is 23.8. The molecule has 10 heteroatoms. The highest BCUT2D eigenvalue weighted by Crippen LogP contribution is 2.43. The molecule has 2 atom stereocenters. The minimum atomic E-state index is -4.36. The number of nitrogens with two attached hydrogens (primary N) is 1. The third-order valence-corrected chi connectivity index (χ3v) is 9.98. The summed E-state index contributed by atoms with van der Waals surface area (Å²) in [7, 11) is -4.36. The molecule has 0 spiro atoms. The molecule has 0 saturated heterocycles. The van der Waals surface area contributed by atoms with Crippen molar-refractivity contribution in [3.8, 4) is 0 Å². The maximum atomic E-state index is 12.5. The topological polar surface area (TPSA) is 134 Å². The molecule has 0 aliphatic heterocycles. The van der Waals surface area contributed by atoms with Crippen molar-refractivity contribution in [1.82, 2.24) is 0 Å². The van der Waals surface area contributed by atoms with Gasteiger partial charge in [0.05, 0.1) is 13.2 Å². The zero-order valence-corrected chi connectivity index (χ0v) is 32.8. The number of hydrogen-bond donors (Lipinski definition) is 2. The fourth-order valence-electron chi connectivity index (χ4n) is 5.93. The highest BCUT2D eigenvalue weighted by molar-refractivity contribution is 7.47. The minimum absolute atomic E-state index is 0.0579. The van der Waals surface area contributed by atoms with Gasteiger partial charge in [0, 0.05) is 19.4 Å². The first-order valence-corrected chi connectivity index (χ1v) is 22.0. The van der Waals surface area contributed by atoms with Crippen molar-refractivity contribution in [3.63, 3.8) is 0 Å². The Kier molecular flexibility index (Phi) is 36.0. The van der Waals surface area contributed by atoms with E-state index in [-0.39, 0.29) is 38.6 Å². The van der Waals surface area contributed by atoms with Crippen LogP contribution >= 0.6 is 7.82 Å². The number of rotatable bonds is 39. The van der Waals surface area contributed by atoms with Crippen molar-refractivity contribution in [2.75, 3.05) is 26.4 Å². The smallest absolute Gasteiger partial charge is 0.462 e. The number of hydrogen-bond acceptors (Lipinski definition) is 8. The number of phosphoric ester groups is 1. The Balaban J connectivity index is 4.14. The van der Waals surface area contributed by atoms with Gasteiger partial charge in [-0.15, -0.1) is 0 Å². The van der Waals surface area contributed by atoms with E-state index in [9.17, 15) is 19.0 Å². The molecule has 3 N–H and O–H groups in total. The van der Waals surface area contributed by atoms with E-state index in [2.05, 4.69) is 13.8 Å². The molecule has 0 fully saturated rings. The van der Waals surface area contributed by atoms with Crippen LogP contribution in [-0.2, 0) is 32.7 Å². The Bertz CT molecular complexity index is 784. The summed E-state index contributed by atoms with van der Waals surface area (Å²) in [6, 6.07) is 0. The fraction of sp³-hybridized carbons (Fsp3) is 0.949. The second kappa shape index (κ2) is 36.8. The van der Waals surface area contributed by atoms with Gasteiger partial charge in [-0.05, 0) is 12.8 Å². The molecule has 0 rings (SSSR count).